The van der Waals surface area contributed by atoms with Gasteiger partial charge in [0.25, 0.3) is 5.56 Å². The zero-order valence-electron chi connectivity index (χ0n) is 16.4. The molecule has 0 aliphatic heterocycles. The Morgan fingerprint density at radius 3 is 2.59 bits per heavy atom. The Bertz CT molecular complexity index is 1000. The average molecular weight is 367 g/mol. The monoisotopic (exact) mass is 367 g/mol. The summed E-state index contributed by atoms with van der Waals surface area (Å²) in [6.45, 7) is 9.14. The summed E-state index contributed by atoms with van der Waals surface area (Å²) < 4.78 is 8.39. The number of rotatable bonds is 2. The van der Waals surface area contributed by atoms with Crippen molar-refractivity contribution in [2.24, 2.45) is 0 Å². The molecule has 0 aromatic carbocycles. The van der Waals surface area contributed by atoms with Gasteiger partial charge in [-0.3, -0.25) is 9.36 Å². The first-order valence-electron chi connectivity index (χ1n) is 9.06. The maximum atomic E-state index is 12.5. The molecule has 2 aromatic rings. The van der Waals surface area contributed by atoms with Crippen molar-refractivity contribution in [1.29, 1.82) is 0 Å². The molecule has 0 saturated heterocycles. The van der Waals surface area contributed by atoms with Gasteiger partial charge in [0.1, 0.15) is 5.60 Å². The van der Waals surface area contributed by atoms with Gasteiger partial charge in [-0.15, -0.1) is 0 Å². The van der Waals surface area contributed by atoms with Gasteiger partial charge in [0, 0.05) is 29.1 Å². The van der Waals surface area contributed by atoms with Gasteiger partial charge in [0.2, 0.25) is 0 Å². The molecule has 6 nitrogen and oxygen atoms in total. The third-order valence-corrected chi connectivity index (χ3v) is 4.36. The van der Waals surface area contributed by atoms with Crippen LogP contribution in [0.1, 0.15) is 45.0 Å². The molecule has 1 aliphatic carbocycles. The minimum Gasteiger partial charge on any atom is -0.442 e. The Labute approximate surface area is 158 Å². The summed E-state index contributed by atoms with van der Waals surface area (Å²) >= 11 is 0. The van der Waals surface area contributed by atoms with Gasteiger partial charge in [0.15, 0.2) is 0 Å². The minimum absolute atomic E-state index is 0.0739. The lowest BCUT2D eigenvalue weighted by Gasteiger charge is -2.19. The maximum absolute atomic E-state index is 12.5. The molecule has 2 heterocycles. The van der Waals surface area contributed by atoms with Crippen molar-refractivity contribution < 1.29 is 9.53 Å². The van der Waals surface area contributed by atoms with E-state index in [0.717, 1.165) is 29.7 Å². The van der Waals surface area contributed by atoms with E-state index >= 15 is 0 Å². The molecule has 2 aromatic heterocycles. The van der Waals surface area contributed by atoms with Gasteiger partial charge in [-0.25, -0.2) is 4.79 Å². The molecule has 27 heavy (non-hydrogen) atoms. The van der Waals surface area contributed by atoms with E-state index in [-0.39, 0.29) is 5.56 Å². The summed E-state index contributed by atoms with van der Waals surface area (Å²) in [5, 5.41) is 4.36. The summed E-state index contributed by atoms with van der Waals surface area (Å²) in [4.78, 5) is 24.8. The second-order valence-electron chi connectivity index (χ2n) is 7.69. The van der Waals surface area contributed by atoms with Crippen LogP contribution in [-0.4, -0.2) is 26.0 Å². The van der Waals surface area contributed by atoms with Crippen LogP contribution in [-0.2, 0) is 4.74 Å². The summed E-state index contributed by atoms with van der Waals surface area (Å²) in [6, 6.07) is 3.33. The molecule has 142 valence electrons. The molecule has 6 heteroatoms. The number of allylic oxidation sites excluding steroid dienone is 4. The first-order valence-corrected chi connectivity index (χ1v) is 9.06. The quantitative estimate of drug-likeness (QED) is 0.794. The number of aromatic nitrogens is 3. The SMILES string of the molecule is Cc1nn(C(=O)OC(C)(C)C)c(C)c1-c1ccc(=O)n(C2=CC=CCC2)c1. The third kappa shape index (κ3) is 3.94. The van der Waals surface area contributed by atoms with Gasteiger partial charge in [0.05, 0.1) is 11.4 Å². The Hall–Kier alpha value is -2.89. The number of hydrogen-bond donors (Lipinski definition) is 0. The van der Waals surface area contributed by atoms with E-state index in [1.54, 1.807) is 16.7 Å². The van der Waals surface area contributed by atoms with Crippen LogP contribution in [0.5, 0.6) is 0 Å². The first kappa shape index (κ1) is 18.9. The van der Waals surface area contributed by atoms with Crippen LogP contribution < -0.4 is 5.56 Å². The fourth-order valence-corrected chi connectivity index (χ4v) is 3.19. The van der Waals surface area contributed by atoms with Crippen molar-refractivity contribution in [1.82, 2.24) is 14.3 Å². The Kier molecular flexibility index (Phi) is 4.91. The zero-order chi connectivity index (χ0) is 19.8. The molecule has 0 atom stereocenters. The van der Waals surface area contributed by atoms with Crippen LogP contribution >= 0.6 is 0 Å². The number of carbonyl (C=O) groups excluding carboxylic acids is 1. The summed E-state index contributed by atoms with van der Waals surface area (Å²) in [5.74, 6) is 0. The Morgan fingerprint density at radius 1 is 1.22 bits per heavy atom. The zero-order valence-corrected chi connectivity index (χ0v) is 16.4. The van der Waals surface area contributed by atoms with Gasteiger partial charge < -0.3 is 4.74 Å². The number of carbonyl (C=O) groups is 1. The maximum Gasteiger partial charge on any atom is 0.435 e. The largest absolute Gasteiger partial charge is 0.442 e. The van der Waals surface area contributed by atoms with Gasteiger partial charge in [-0.05, 0) is 59.6 Å². The van der Waals surface area contributed by atoms with Crippen LogP contribution in [0.3, 0.4) is 0 Å². The van der Waals surface area contributed by atoms with Gasteiger partial charge in [-0.1, -0.05) is 12.2 Å². The summed E-state index contributed by atoms with van der Waals surface area (Å²) in [5.41, 5.74) is 3.36. The van der Waals surface area contributed by atoms with Crippen molar-refractivity contribution in [2.45, 2.75) is 53.1 Å². The van der Waals surface area contributed by atoms with E-state index in [0.29, 0.717) is 11.4 Å². The topological polar surface area (TPSA) is 66.1 Å². The molecular formula is C21H25N3O3. The lowest BCUT2D eigenvalue weighted by molar-refractivity contribution is 0.0510. The fraction of sp³-hybridized carbons (Fsp3) is 0.381. The molecule has 0 saturated carbocycles. The van der Waals surface area contributed by atoms with Crippen LogP contribution in [0.2, 0.25) is 0 Å². The van der Waals surface area contributed by atoms with E-state index in [1.807, 2.05) is 53.0 Å². The molecule has 0 unspecified atom stereocenters. The van der Waals surface area contributed by atoms with E-state index in [2.05, 4.69) is 11.2 Å². The Balaban J connectivity index is 2.05. The third-order valence-electron chi connectivity index (χ3n) is 4.36. The minimum atomic E-state index is -0.599. The normalized spacial score (nSPS) is 14.2. The van der Waals surface area contributed by atoms with Crippen LogP contribution in [0.15, 0.2) is 41.4 Å². The highest BCUT2D eigenvalue weighted by Crippen LogP contribution is 2.28. The molecule has 0 bridgehead atoms. The molecule has 1 aliphatic rings. The standard InChI is InChI=1S/C21H25N3O3/c1-14-19(15(2)24(22-14)20(26)27-21(3,4)5)16-11-12-18(25)23(13-16)17-9-7-6-8-10-17/h6-7,9,11-13H,8,10H2,1-5H3. The summed E-state index contributed by atoms with van der Waals surface area (Å²) in [6.07, 6.45) is 9.05. The molecule has 0 spiro atoms. The van der Waals surface area contributed by atoms with E-state index < -0.39 is 11.7 Å². The lowest BCUT2D eigenvalue weighted by Crippen LogP contribution is -2.28. The van der Waals surface area contributed by atoms with Crippen LogP contribution in [0, 0.1) is 13.8 Å². The molecule has 0 N–H and O–H groups in total. The second kappa shape index (κ2) is 7.02. The summed E-state index contributed by atoms with van der Waals surface area (Å²) in [7, 11) is 0. The van der Waals surface area contributed by atoms with E-state index in [4.69, 9.17) is 4.74 Å². The van der Waals surface area contributed by atoms with Crippen LogP contribution in [0.25, 0.3) is 16.8 Å². The average Bonchev–Trinajstić information content (AvgIpc) is 2.90. The highest BCUT2D eigenvalue weighted by Gasteiger charge is 2.23. The number of nitrogens with zero attached hydrogens (tertiary/aromatic N) is 3. The molecule has 0 radical (unpaired) electrons. The van der Waals surface area contributed by atoms with Crippen LogP contribution in [0.4, 0.5) is 4.79 Å². The highest BCUT2D eigenvalue weighted by molar-refractivity contribution is 5.77. The number of hydrogen-bond acceptors (Lipinski definition) is 4. The smallest absolute Gasteiger partial charge is 0.435 e. The molecule has 0 amide bonds. The van der Waals surface area contributed by atoms with Gasteiger partial charge in [-0.2, -0.15) is 9.78 Å². The van der Waals surface area contributed by atoms with Crippen molar-refractivity contribution >= 4 is 11.8 Å². The van der Waals surface area contributed by atoms with Gasteiger partial charge >= 0.3 is 6.09 Å². The first-order chi connectivity index (χ1) is 12.7. The molecule has 3 rings (SSSR count). The number of ether oxygens (including phenoxy) is 1. The van der Waals surface area contributed by atoms with Crippen molar-refractivity contribution in [3.05, 3.63) is 58.3 Å². The lowest BCUT2D eigenvalue weighted by atomic mass is 10.1. The molecule has 0 fully saturated rings. The number of aryl methyl sites for hydroxylation is 1. The molecular weight excluding hydrogens is 342 g/mol. The van der Waals surface area contributed by atoms with E-state index in [1.165, 1.54) is 4.68 Å². The fourth-order valence-electron chi connectivity index (χ4n) is 3.19. The predicted molar refractivity (Wildman–Crippen MR) is 106 cm³/mol. The number of pyridine rings is 1. The van der Waals surface area contributed by atoms with E-state index in [9.17, 15) is 9.59 Å². The van der Waals surface area contributed by atoms with Crippen molar-refractivity contribution in [3.63, 3.8) is 0 Å². The second-order valence-corrected chi connectivity index (χ2v) is 7.69. The predicted octanol–water partition coefficient (Wildman–Crippen LogP) is 4.30. The Morgan fingerprint density at radius 2 is 1.96 bits per heavy atom. The van der Waals surface area contributed by atoms with Crippen molar-refractivity contribution in [2.75, 3.05) is 0 Å². The van der Waals surface area contributed by atoms with Crippen molar-refractivity contribution in [3.8, 4) is 11.1 Å². The highest BCUT2D eigenvalue weighted by atomic mass is 16.6.